The van der Waals surface area contributed by atoms with E-state index in [1.807, 2.05) is 0 Å². The van der Waals surface area contributed by atoms with Crippen LogP contribution in [0.2, 0.25) is 0 Å². The largest absolute Gasteiger partial charge is 1.00 e. The predicted molar refractivity (Wildman–Crippen MR) is 117 cm³/mol. The average Bonchev–Trinajstić information content (AvgIpc) is 2.71. The molecular weight excluding hydrogens is 403 g/mol. The maximum absolute atomic E-state index is 12.6. The number of hydrogen-bond donors (Lipinski definition) is 1. The second kappa shape index (κ2) is 21.8. The van der Waals surface area contributed by atoms with Crippen molar-refractivity contribution in [2.24, 2.45) is 0 Å². The van der Waals surface area contributed by atoms with Gasteiger partial charge >= 0.3 is 29.6 Å². The van der Waals surface area contributed by atoms with Crippen molar-refractivity contribution in [2.75, 3.05) is 13.1 Å². The van der Waals surface area contributed by atoms with Crippen LogP contribution >= 0.6 is 0 Å². The average molecular weight is 441 g/mol. The van der Waals surface area contributed by atoms with E-state index in [1.165, 1.54) is 49.8 Å². The summed E-state index contributed by atoms with van der Waals surface area (Å²) in [5.74, 6) is 2.67. The van der Waals surface area contributed by atoms with Crippen LogP contribution in [0, 0.1) is 24.7 Å². The first-order valence-electron chi connectivity index (χ1n) is 11.1. The smallest absolute Gasteiger partial charge is 0.550 e. The van der Waals surface area contributed by atoms with Gasteiger partial charge in [-0.25, -0.2) is 0 Å². The van der Waals surface area contributed by atoms with Gasteiger partial charge in [0.2, 0.25) is 11.8 Å². The molecule has 2 amide bonds. The Bertz CT molecular complexity index is 579. The van der Waals surface area contributed by atoms with Crippen LogP contribution in [0.25, 0.3) is 0 Å². The first-order valence-corrected chi connectivity index (χ1v) is 11.1. The van der Waals surface area contributed by atoms with Crippen molar-refractivity contribution in [3.63, 3.8) is 0 Å². The second-order valence-electron chi connectivity index (χ2n) is 7.57. The zero-order valence-electron chi connectivity index (χ0n) is 19.4. The van der Waals surface area contributed by atoms with Gasteiger partial charge in [0.15, 0.2) is 0 Å². The van der Waals surface area contributed by atoms with Crippen molar-refractivity contribution in [2.45, 2.75) is 96.4 Å². The SMILES string of the molecule is C#CCN(CC#C)C(=O)C(CCC(=O)[O-])NC(=O)CCCCCCCCCCCC.[Na+]. The van der Waals surface area contributed by atoms with Gasteiger partial charge in [0, 0.05) is 12.4 Å². The number of carboxylic acid groups (broad SMARTS) is 1. The minimum Gasteiger partial charge on any atom is -0.550 e. The summed E-state index contributed by atoms with van der Waals surface area (Å²) < 4.78 is 0. The molecule has 0 aromatic carbocycles. The van der Waals surface area contributed by atoms with Gasteiger partial charge in [-0.15, -0.1) is 12.8 Å². The van der Waals surface area contributed by atoms with E-state index in [-0.39, 0.29) is 61.4 Å². The van der Waals surface area contributed by atoms with Gasteiger partial charge in [-0.05, 0) is 19.3 Å². The van der Waals surface area contributed by atoms with E-state index in [0.29, 0.717) is 6.42 Å². The van der Waals surface area contributed by atoms with Gasteiger partial charge in [0.25, 0.3) is 0 Å². The standard InChI is InChI=1S/C24H38N2O4.Na/c1-4-7-8-9-10-11-12-13-14-15-16-22(27)25-21(17-18-23(28)29)24(30)26(19-5-2)20-6-3;/h2-3,21H,4,7-20H2,1H3,(H,25,27)(H,28,29);/q;+1/p-1. The zero-order chi connectivity index (χ0) is 22.6. The predicted octanol–water partition coefficient (Wildman–Crippen LogP) is -0.589. The fourth-order valence-electron chi connectivity index (χ4n) is 3.21. The summed E-state index contributed by atoms with van der Waals surface area (Å²) in [7, 11) is 0. The molecule has 7 heteroatoms. The minimum atomic E-state index is -1.28. The van der Waals surface area contributed by atoms with Gasteiger partial charge in [-0.2, -0.15) is 0 Å². The van der Waals surface area contributed by atoms with Crippen molar-refractivity contribution < 1.29 is 49.0 Å². The number of amides is 2. The van der Waals surface area contributed by atoms with Crippen LogP contribution in [0.3, 0.4) is 0 Å². The van der Waals surface area contributed by atoms with Gasteiger partial charge in [-0.3, -0.25) is 9.59 Å². The van der Waals surface area contributed by atoms with Crippen molar-refractivity contribution >= 4 is 17.8 Å². The second-order valence-corrected chi connectivity index (χ2v) is 7.57. The van der Waals surface area contributed by atoms with Crippen LogP contribution in [-0.4, -0.2) is 41.8 Å². The summed E-state index contributed by atoms with van der Waals surface area (Å²) >= 11 is 0. The van der Waals surface area contributed by atoms with Crippen LogP contribution < -0.4 is 40.0 Å². The molecule has 0 rings (SSSR count). The van der Waals surface area contributed by atoms with E-state index < -0.39 is 17.9 Å². The van der Waals surface area contributed by atoms with E-state index in [4.69, 9.17) is 12.8 Å². The Morgan fingerprint density at radius 3 is 1.81 bits per heavy atom. The van der Waals surface area contributed by atoms with Gasteiger partial charge in [-0.1, -0.05) is 76.6 Å². The molecule has 6 nitrogen and oxygen atoms in total. The summed E-state index contributed by atoms with van der Waals surface area (Å²) in [6, 6.07) is -0.972. The molecule has 0 radical (unpaired) electrons. The first-order chi connectivity index (χ1) is 14.5. The summed E-state index contributed by atoms with van der Waals surface area (Å²) in [6.07, 6.45) is 22.1. The maximum Gasteiger partial charge on any atom is 1.00 e. The van der Waals surface area contributed by atoms with E-state index in [2.05, 4.69) is 24.1 Å². The molecule has 0 aromatic rings. The van der Waals surface area contributed by atoms with Crippen molar-refractivity contribution in [3.05, 3.63) is 0 Å². The molecule has 0 aliphatic rings. The number of carbonyl (C=O) groups is 3. The Balaban J connectivity index is 0. The van der Waals surface area contributed by atoms with Crippen LogP contribution in [0.4, 0.5) is 0 Å². The third-order valence-electron chi connectivity index (χ3n) is 4.90. The van der Waals surface area contributed by atoms with E-state index >= 15 is 0 Å². The Morgan fingerprint density at radius 2 is 1.35 bits per heavy atom. The fourth-order valence-corrected chi connectivity index (χ4v) is 3.21. The molecule has 31 heavy (non-hydrogen) atoms. The number of nitrogens with one attached hydrogen (secondary N) is 1. The Labute approximate surface area is 210 Å². The maximum atomic E-state index is 12.6. The molecule has 0 spiro atoms. The Hall–Kier alpha value is -1.47. The molecule has 0 aliphatic carbocycles. The van der Waals surface area contributed by atoms with E-state index in [0.717, 1.165) is 19.3 Å². The Kier molecular flexibility index (Phi) is 22.3. The number of nitrogens with zero attached hydrogens (tertiary/aromatic N) is 1. The third kappa shape index (κ3) is 17.9. The molecule has 0 fully saturated rings. The minimum absolute atomic E-state index is 0. The molecule has 1 unspecified atom stereocenters. The number of carbonyl (C=O) groups excluding carboxylic acids is 3. The summed E-state index contributed by atoms with van der Waals surface area (Å²) in [6.45, 7) is 2.21. The molecule has 0 bridgehead atoms. The van der Waals surface area contributed by atoms with Crippen molar-refractivity contribution in [1.82, 2.24) is 10.2 Å². The summed E-state index contributed by atoms with van der Waals surface area (Å²) in [5.41, 5.74) is 0. The molecule has 0 heterocycles. The van der Waals surface area contributed by atoms with E-state index in [1.54, 1.807) is 0 Å². The van der Waals surface area contributed by atoms with Crippen LogP contribution in [0.1, 0.15) is 90.4 Å². The van der Waals surface area contributed by atoms with Crippen LogP contribution in [-0.2, 0) is 14.4 Å². The topological polar surface area (TPSA) is 89.5 Å². The van der Waals surface area contributed by atoms with Gasteiger partial charge in [0.05, 0.1) is 13.1 Å². The molecule has 0 saturated carbocycles. The van der Waals surface area contributed by atoms with Crippen LogP contribution in [0.15, 0.2) is 0 Å². The first kappa shape index (κ1) is 31.7. The third-order valence-corrected chi connectivity index (χ3v) is 4.90. The molecular formula is C24H37N2NaO4. The number of unbranched alkanes of at least 4 members (excludes halogenated alkanes) is 9. The normalized spacial score (nSPS) is 10.8. The number of rotatable bonds is 18. The van der Waals surface area contributed by atoms with Crippen LogP contribution in [0.5, 0.6) is 0 Å². The molecule has 1 N–H and O–H groups in total. The number of terminal acetylenes is 2. The molecule has 1 atom stereocenters. The fraction of sp³-hybridized carbons (Fsp3) is 0.708. The monoisotopic (exact) mass is 440 g/mol. The summed E-state index contributed by atoms with van der Waals surface area (Å²) in [5, 5.41) is 13.4. The number of hydrogen-bond acceptors (Lipinski definition) is 4. The van der Waals surface area contributed by atoms with Crippen molar-refractivity contribution in [3.8, 4) is 24.7 Å². The molecule has 0 aliphatic heterocycles. The number of aliphatic carboxylic acids is 1. The summed E-state index contributed by atoms with van der Waals surface area (Å²) in [4.78, 5) is 36.9. The molecule has 168 valence electrons. The number of carboxylic acids is 1. The Morgan fingerprint density at radius 1 is 0.871 bits per heavy atom. The molecule has 0 aromatic heterocycles. The molecule has 0 saturated heterocycles. The van der Waals surface area contributed by atoms with Gasteiger partial charge in [0.1, 0.15) is 6.04 Å². The zero-order valence-corrected chi connectivity index (χ0v) is 21.4. The van der Waals surface area contributed by atoms with E-state index in [9.17, 15) is 19.5 Å². The van der Waals surface area contributed by atoms with Crippen molar-refractivity contribution in [1.29, 1.82) is 0 Å². The van der Waals surface area contributed by atoms with Gasteiger partial charge < -0.3 is 20.1 Å². The quantitative estimate of drug-likeness (QED) is 0.175.